The van der Waals surface area contributed by atoms with Gasteiger partial charge in [-0.2, -0.15) is 0 Å². The van der Waals surface area contributed by atoms with Crippen molar-refractivity contribution in [3.05, 3.63) is 35.2 Å². The van der Waals surface area contributed by atoms with Crippen LogP contribution in [0, 0.1) is 20.8 Å². The lowest BCUT2D eigenvalue weighted by Crippen LogP contribution is -2.02. The predicted octanol–water partition coefficient (Wildman–Crippen LogP) is 3.12. The Morgan fingerprint density at radius 3 is 2.21 bits per heavy atom. The molecule has 0 aliphatic heterocycles. The second-order valence-electron chi connectivity index (χ2n) is 4.63. The lowest BCUT2D eigenvalue weighted by Gasteiger charge is -2.15. The largest absolute Gasteiger partial charge is 0.491 e. The maximum atomic E-state index is 5.47. The van der Waals surface area contributed by atoms with Crippen LogP contribution in [-0.2, 0) is 0 Å². The molecule has 1 aromatic carbocycles. The second kappa shape index (κ2) is 5.26. The number of hydrogen-bond acceptors (Lipinski definition) is 4. The first kappa shape index (κ1) is 13.3. The van der Waals surface area contributed by atoms with Crippen molar-refractivity contribution in [3.8, 4) is 17.0 Å². The van der Waals surface area contributed by atoms with E-state index in [0.717, 1.165) is 11.3 Å². The van der Waals surface area contributed by atoms with Crippen molar-refractivity contribution >= 4 is 5.82 Å². The van der Waals surface area contributed by atoms with Crippen LogP contribution in [0.5, 0.6) is 5.75 Å². The highest BCUT2D eigenvalue weighted by Crippen LogP contribution is 2.36. The number of methoxy groups -OCH3 is 1. The first-order valence-electron chi connectivity index (χ1n) is 6.23. The molecule has 2 rings (SSSR count). The Bertz CT molecular complexity index is 585. The van der Waals surface area contributed by atoms with Crippen LogP contribution in [0.3, 0.4) is 0 Å². The van der Waals surface area contributed by atoms with Gasteiger partial charge in [0.2, 0.25) is 0 Å². The Morgan fingerprint density at radius 1 is 1.05 bits per heavy atom. The van der Waals surface area contributed by atoms with E-state index in [9.17, 15) is 0 Å². The Kier molecular flexibility index (Phi) is 3.69. The fraction of sp³-hybridized carbons (Fsp3) is 0.333. The molecule has 0 fully saturated rings. The lowest BCUT2D eigenvalue weighted by molar-refractivity contribution is 0.415. The van der Waals surface area contributed by atoms with Gasteiger partial charge in [-0.25, -0.2) is 9.97 Å². The summed E-state index contributed by atoms with van der Waals surface area (Å²) in [4.78, 5) is 8.59. The number of ether oxygens (including phenoxy) is 1. The summed E-state index contributed by atoms with van der Waals surface area (Å²) in [5.41, 5.74) is 5.58. The van der Waals surface area contributed by atoms with E-state index in [2.05, 4.69) is 48.2 Å². The zero-order valence-corrected chi connectivity index (χ0v) is 12.0. The summed E-state index contributed by atoms with van der Waals surface area (Å²) >= 11 is 0. The molecule has 0 unspecified atom stereocenters. The maximum Gasteiger partial charge on any atom is 0.187 e. The Balaban J connectivity index is 2.72. The molecule has 0 atom stereocenters. The molecule has 0 aliphatic carbocycles. The number of aryl methyl sites for hydroxylation is 3. The summed E-state index contributed by atoms with van der Waals surface area (Å²) in [5.74, 6) is 1.38. The van der Waals surface area contributed by atoms with Crippen molar-refractivity contribution in [3.63, 3.8) is 0 Å². The molecule has 0 saturated heterocycles. The number of anilines is 1. The zero-order chi connectivity index (χ0) is 14.0. The predicted molar refractivity (Wildman–Crippen MR) is 77.8 cm³/mol. The highest BCUT2D eigenvalue weighted by atomic mass is 16.5. The molecule has 0 amide bonds. The van der Waals surface area contributed by atoms with Crippen LogP contribution >= 0.6 is 0 Å². The van der Waals surface area contributed by atoms with E-state index in [1.54, 1.807) is 13.4 Å². The number of hydrogen-bond donors (Lipinski definition) is 1. The van der Waals surface area contributed by atoms with Gasteiger partial charge < -0.3 is 10.1 Å². The lowest BCUT2D eigenvalue weighted by atomic mass is 9.96. The highest BCUT2D eigenvalue weighted by Gasteiger charge is 2.16. The van der Waals surface area contributed by atoms with E-state index in [1.165, 1.54) is 16.7 Å². The topological polar surface area (TPSA) is 47.0 Å². The van der Waals surface area contributed by atoms with Crippen molar-refractivity contribution < 1.29 is 4.74 Å². The van der Waals surface area contributed by atoms with Gasteiger partial charge in [0.1, 0.15) is 12.0 Å². The molecule has 0 bridgehead atoms. The van der Waals surface area contributed by atoms with Crippen LogP contribution in [0.1, 0.15) is 16.7 Å². The molecule has 0 saturated carbocycles. The van der Waals surface area contributed by atoms with Gasteiger partial charge in [-0.15, -0.1) is 0 Å². The van der Waals surface area contributed by atoms with Gasteiger partial charge in [0.15, 0.2) is 11.6 Å². The van der Waals surface area contributed by atoms with Crippen LogP contribution in [0.25, 0.3) is 11.3 Å². The quantitative estimate of drug-likeness (QED) is 0.917. The van der Waals surface area contributed by atoms with Gasteiger partial charge in [-0.3, -0.25) is 0 Å². The number of rotatable bonds is 3. The molecule has 1 aromatic heterocycles. The third-order valence-corrected chi connectivity index (χ3v) is 3.16. The highest BCUT2D eigenvalue weighted by molar-refractivity contribution is 5.77. The van der Waals surface area contributed by atoms with Crippen LogP contribution in [-0.4, -0.2) is 24.1 Å². The number of nitrogens with one attached hydrogen (secondary N) is 1. The van der Waals surface area contributed by atoms with E-state index in [1.807, 2.05) is 7.05 Å². The van der Waals surface area contributed by atoms with Crippen LogP contribution < -0.4 is 10.1 Å². The van der Waals surface area contributed by atoms with Gasteiger partial charge >= 0.3 is 0 Å². The molecule has 4 nitrogen and oxygen atoms in total. The summed E-state index contributed by atoms with van der Waals surface area (Å²) in [6.45, 7) is 6.28. The van der Waals surface area contributed by atoms with Crippen molar-refractivity contribution in [2.75, 3.05) is 19.5 Å². The minimum Gasteiger partial charge on any atom is -0.491 e. The number of nitrogens with zero attached hydrogens (tertiary/aromatic N) is 2. The summed E-state index contributed by atoms with van der Waals surface area (Å²) in [6.07, 6.45) is 1.56. The molecule has 0 spiro atoms. The molecule has 4 heteroatoms. The molecule has 19 heavy (non-hydrogen) atoms. The number of benzene rings is 1. The summed E-state index contributed by atoms with van der Waals surface area (Å²) in [7, 11) is 3.46. The van der Waals surface area contributed by atoms with Gasteiger partial charge in [-0.1, -0.05) is 17.7 Å². The molecule has 1 N–H and O–H groups in total. The molecule has 1 heterocycles. The smallest absolute Gasteiger partial charge is 0.187 e. The Hall–Kier alpha value is -2.10. The third-order valence-electron chi connectivity index (χ3n) is 3.16. The maximum absolute atomic E-state index is 5.47. The third kappa shape index (κ3) is 2.38. The van der Waals surface area contributed by atoms with Crippen molar-refractivity contribution in [1.82, 2.24) is 9.97 Å². The van der Waals surface area contributed by atoms with Gasteiger partial charge in [0, 0.05) is 12.6 Å². The minimum absolute atomic E-state index is 0.681. The van der Waals surface area contributed by atoms with Gasteiger partial charge in [0.25, 0.3) is 0 Å². The summed E-state index contributed by atoms with van der Waals surface area (Å²) < 4.78 is 5.47. The normalized spacial score (nSPS) is 10.4. The van der Waals surface area contributed by atoms with Crippen molar-refractivity contribution in [1.29, 1.82) is 0 Å². The second-order valence-corrected chi connectivity index (χ2v) is 4.63. The minimum atomic E-state index is 0.681. The zero-order valence-electron chi connectivity index (χ0n) is 12.0. The fourth-order valence-electron chi connectivity index (χ4n) is 2.48. The van der Waals surface area contributed by atoms with Crippen molar-refractivity contribution in [2.45, 2.75) is 20.8 Å². The molecular weight excluding hydrogens is 238 g/mol. The van der Waals surface area contributed by atoms with Gasteiger partial charge in [0.05, 0.1) is 7.11 Å². The van der Waals surface area contributed by atoms with E-state index < -0.39 is 0 Å². The molecular formula is C15H19N3O. The SMILES string of the molecule is CNc1ncnc(-c2c(C)cc(C)cc2C)c1OC. The Morgan fingerprint density at radius 2 is 1.68 bits per heavy atom. The van der Waals surface area contributed by atoms with Crippen LogP contribution in [0.4, 0.5) is 5.82 Å². The van der Waals surface area contributed by atoms with E-state index >= 15 is 0 Å². The standard InChI is InChI=1S/C15H19N3O/c1-9-6-10(2)12(11(3)7-9)13-14(19-5)15(16-4)18-8-17-13/h6-8H,1-5H3,(H,16,17,18). The summed E-state index contributed by atoms with van der Waals surface area (Å²) in [6, 6.07) is 4.31. The van der Waals surface area contributed by atoms with Crippen molar-refractivity contribution in [2.24, 2.45) is 0 Å². The average Bonchev–Trinajstić information content (AvgIpc) is 2.37. The van der Waals surface area contributed by atoms with Gasteiger partial charge in [-0.05, 0) is 31.9 Å². The number of aromatic nitrogens is 2. The van der Waals surface area contributed by atoms with E-state index in [4.69, 9.17) is 4.74 Å². The molecule has 100 valence electrons. The van der Waals surface area contributed by atoms with E-state index in [0.29, 0.717) is 11.6 Å². The Labute approximate surface area is 113 Å². The molecule has 2 aromatic rings. The average molecular weight is 257 g/mol. The first-order chi connectivity index (χ1) is 9.08. The van der Waals surface area contributed by atoms with Crippen LogP contribution in [0.2, 0.25) is 0 Å². The van der Waals surface area contributed by atoms with E-state index in [-0.39, 0.29) is 0 Å². The fourth-order valence-corrected chi connectivity index (χ4v) is 2.48. The summed E-state index contributed by atoms with van der Waals surface area (Å²) in [5, 5.41) is 3.03. The monoisotopic (exact) mass is 257 g/mol. The first-order valence-corrected chi connectivity index (χ1v) is 6.23. The molecule has 0 radical (unpaired) electrons. The molecule has 0 aliphatic rings. The van der Waals surface area contributed by atoms with Crippen LogP contribution in [0.15, 0.2) is 18.5 Å².